The lowest BCUT2D eigenvalue weighted by atomic mass is 9.89. The van der Waals surface area contributed by atoms with Gasteiger partial charge in [-0.25, -0.2) is 9.18 Å². The zero-order chi connectivity index (χ0) is 20.4. The minimum Gasteiger partial charge on any atom is -0.388 e. The maximum absolute atomic E-state index is 13.0. The minimum atomic E-state index is -0.735. The van der Waals surface area contributed by atoms with E-state index in [1.54, 1.807) is 0 Å². The summed E-state index contributed by atoms with van der Waals surface area (Å²) >= 11 is 0. The maximum atomic E-state index is 13.0. The van der Waals surface area contributed by atoms with Crippen molar-refractivity contribution in [1.29, 1.82) is 0 Å². The third-order valence-electron chi connectivity index (χ3n) is 5.24. The number of nitrogens with zero attached hydrogens (tertiary/aromatic N) is 2. The Labute approximate surface area is 167 Å². The molecule has 0 fully saturated rings. The van der Waals surface area contributed by atoms with Crippen LogP contribution in [0, 0.1) is 5.82 Å². The van der Waals surface area contributed by atoms with Crippen molar-refractivity contribution in [3.05, 3.63) is 75.5 Å². The molecule has 7 heteroatoms. The van der Waals surface area contributed by atoms with E-state index in [2.05, 4.69) is 22.5 Å². The summed E-state index contributed by atoms with van der Waals surface area (Å²) in [5, 5.41) is 6.95. The molecule has 1 atom stereocenters. The molecular weight excluding hydrogens is 373 g/mol. The van der Waals surface area contributed by atoms with E-state index in [0.717, 1.165) is 23.1 Å². The highest BCUT2D eigenvalue weighted by Gasteiger charge is 2.17. The first-order chi connectivity index (χ1) is 14.0. The quantitative estimate of drug-likeness (QED) is 0.718. The summed E-state index contributed by atoms with van der Waals surface area (Å²) in [4.78, 5) is 24.4. The molecule has 1 aliphatic carbocycles. The van der Waals surface area contributed by atoms with E-state index in [9.17, 15) is 14.0 Å². The molecule has 0 unspecified atom stereocenters. The number of carbonyl (C=O) groups is 1. The topological polar surface area (TPSA) is 77.1 Å². The predicted molar refractivity (Wildman–Crippen MR) is 106 cm³/mol. The summed E-state index contributed by atoms with van der Waals surface area (Å²) in [7, 11) is 0. The Morgan fingerprint density at radius 1 is 1.17 bits per heavy atom. The van der Waals surface area contributed by atoms with Gasteiger partial charge in [0.15, 0.2) is 0 Å². The van der Waals surface area contributed by atoms with E-state index in [-0.39, 0.29) is 24.4 Å². The van der Waals surface area contributed by atoms with Crippen molar-refractivity contribution in [2.75, 3.05) is 0 Å². The lowest BCUT2D eigenvalue weighted by Gasteiger charge is -2.20. The average Bonchev–Trinajstić information content (AvgIpc) is 3.08. The number of aromatic nitrogens is 2. The van der Waals surface area contributed by atoms with E-state index in [1.165, 1.54) is 48.2 Å². The second-order valence-electron chi connectivity index (χ2n) is 7.36. The number of amides is 1. The van der Waals surface area contributed by atoms with Gasteiger partial charge in [0.05, 0.1) is 6.04 Å². The van der Waals surface area contributed by atoms with E-state index < -0.39 is 11.6 Å². The van der Waals surface area contributed by atoms with Crippen LogP contribution in [0.1, 0.15) is 42.5 Å². The highest BCUT2D eigenvalue weighted by atomic mass is 19.1. The molecule has 0 bridgehead atoms. The van der Waals surface area contributed by atoms with Crippen molar-refractivity contribution in [2.24, 2.45) is 0 Å². The van der Waals surface area contributed by atoms with Crippen molar-refractivity contribution in [2.45, 2.75) is 45.2 Å². The van der Waals surface area contributed by atoms with Crippen LogP contribution in [0.25, 0.3) is 11.5 Å². The monoisotopic (exact) mass is 395 g/mol. The number of aryl methyl sites for hydroxylation is 2. The third-order valence-corrected chi connectivity index (χ3v) is 5.24. The molecule has 1 amide bonds. The summed E-state index contributed by atoms with van der Waals surface area (Å²) in [5.74, 6) is -1.42. The Bertz CT molecular complexity index is 1090. The number of benzene rings is 2. The molecule has 0 saturated carbocycles. The zero-order valence-electron chi connectivity index (χ0n) is 16.2. The Morgan fingerprint density at radius 3 is 2.66 bits per heavy atom. The molecule has 1 N–H and O–H groups in total. The van der Waals surface area contributed by atoms with Crippen LogP contribution in [0.15, 0.2) is 51.7 Å². The Balaban J connectivity index is 1.43. The second kappa shape index (κ2) is 8.03. The molecule has 6 nitrogen and oxygen atoms in total. The van der Waals surface area contributed by atoms with Gasteiger partial charge in [0.1, 0.15) is 12.4 Å². The van der Waals surface area contributed by atoms with Crippen LogP contribution in [0.3, 0.4) is 0 Å². The molecule has 1 aromatic heterocycles. The fourth-order valence-corrected chi connectivity index (χ4v) is 3.64. The van der Waals surface area contributed by atoms with Crippen LogP contribution in [0.2, 0.25) is 0 Å². The fourth-order valence-electron chi connectivity index (χ4n) is 3.64. The highest BCUT2D eigenvalue weighted by molar-refractivity contribution is 5.76. The van der Waals surface area contributed by atoms with Gasteiger partial charge in [0.25, 0.3) is 0 Å². The summed E-state index contributed by atoms with van der Waals surface area (Å²) in [6.45, 7) is 1.66. The molecule has 150 valence electrons. The normalized spacial score (nSPS) is 14.3. The summed E-state index contributed by atoms with van der Waals surface area (Å²) < 4.78 is 19.1. The zero-order valence-corrected chi connectivity index (χ0v) is 16.2. The van der Waals surface area contributed by atoms with Gasteiger partial charge in [-0.05, 0) is 73.6 Å². The molecule has 0 spiro atoms. The van der Waals surface area contributed by atoms with E-state index in [4.69, 9.17) is 4.42 Å². The molecule has 0 radical (unpaired) electrons. The van der Waals surface area contributed by atoms with Crippen molar-refractivity contribution in [3.63, 3.8) is 0 Å². The SMILES string of the molecule is C[C@@H](NC(=O)Cn1nc(-c2ccc(F)cc2)oc1=O)c1ccc2c(c1)CCCC2. The van der Waals surface area contributed by atoms with Crippen molar-refractivity contribution in [3.8, 4) is 11.5 Å². The van der Waals surface area contributed by atoms with Crippen LogP contribution in [-0.2, 0) is 24.2 Å². The molecule has 0 saturated heterocycles. The Morgan fingerprint density at radius 2 is 1.90 bits per heavy atom. The first-order valence-corrected chi connectivity index (χ1v) is 9.74. The minimum absolute atomic E-state index is 0.0468. The van der Waals surface area contributed by atoms with Gasteiger partial charge in [0.2, 0.25) is 11.8 Å². The second-order valence-corrected chi connectivity index (χ2v) is 7.36. The number of halogens is 1. The van der Waals surface area contributed by atoms with E-state index in [1.807, 2.05) is 13.0 Å². The summed E-state index contributed by atoms with van der Waals surface area (Å²) in [6, 6.07) is 11.6. The van der Waals surface area contributed by atoms with Crippen LogP contribution in [-0.4, -0.2) is 15.7 Å². The van der Waals surface area contributed by atoms with Gasteiger partial charge < -0.3 is 9.73 Å². The van der Waals surface area contributed by atoms with Gasteiger partial charge in [-0.2, -0.15) is 4.68 Å². The number of nitrogens with one attached hydrogen (secondary N) is 1. The summed E-state index contributed by atoms with van der Waals surface area (Å²) in [6.07, 6.45) is 4.61. The predicted octanol–water partition coefficient (Wildman–Crippen LogP) is 3.40. The summed E-state index contributed by atoms with van der Waals surface area (Å²) in [5.41, 5.74) is 4.25. The molecule has 1 heterocycles. The number of hydrogen-bond acceptors (Lipinski definition) is 4. The maximum Gasteiger partial charge on any atom is 0.437 e. The van der Waals surface area contributed by atoms with Gasteiger partial charge in [-0.15, -0.1) is 5.10 Å². The van der Waals surface area contributed by atoms with Crippen molar-refractivity contribution < 1.29 is 13.6 Å². The molecule has 29 heavy (non-hydrogen) atoms. The van der Waals surface area contributed by atoms with Crippen molar-refractivity contribution in [1.82, 2.24) is 15.1 Å². The first kappa shape index (κ1) is 19.1. The van der Waals surface area contributed by atoms with Crippen LogP contribution < -0.4 is 11.1 Å². The lowest BCUT2D eigenvalue weighted by Crippen LogP contribution is -2.33. The average molecular weight is 395 g/mol. The molecule has 2 aromatic carbocycles. The number of hydrogen-bond donors (Lipinski definition) is 1. The number of fused-ring (bicyclic) bond motifs is 1. The van der Waals surface area contributed by atoms with Gasteiger partial charge in [0, 0.05) is 5.56 Å². The van der Waals surface area contributed by atoms with Crippen LogP contribution >= 0.6 is 0 Å². The van der Waals surface area contributed by atoms with Gasteiger partial charge in [-0.3, -0.25) is 4.79 Å². The first-order valence-electron chi connectivity index (χ1n) is 9.74. The fraction of sp³-hybridized carbons (Fsp3) is 0.318. The molecule has 3 aromatic rings. The number of carbonyl (C=O) groups excluding carboxylic acids is 1. The van der Waals surface area contributed by atoms with Gasteiger partial charge in [-0.1, -0.05) is 18.2 Å². The Hall–Kier alpha value is -3.22. The van der Waals surface area contributed by atoms with Crippen LogP contribution in [0.5, 0.6) is 0 Å². The highest BCUT2D eigenvalue weighted by Crippen LogP contribution is 2.24. The standard InChI is InChI=1S/C22H22FN3O3/c1-14(17-7-6-15-4-2-3-5-18(15)12-17)24-20(27)13-26-22(28)29-21(25-26)16-8-10-19(23)11-9-16/h6-12,14H,2-5,13H2,1H3,(H,24,27)/t14-/m1/s1. The smallest absolute Gasteiger partial charge is 0.388 e. The van der Waals surface area contributed by atoms with E-state index in [0.29, 0.717) is 5.56 Å². The molecule has 4 rings (SSSR count). The molecular formula is C22H22FN3O3. The third kappa shape index (κ3) is 4.29. The van der Waals surface area contributed by atoms with Gasteiger partial charge >= 0.3 is 5.76 Å². The largest absolute Gasteiger partial charge is 0.437 e. The lowest BCUT2D eigenvalue weighted by molar-refractivity contribution is -0.122. The molecule has 1 aliphatic rings. The van der Waals surface area contributed by atoms with Crippen LogP contribution in [0.4, 0.5) is 4.39 Å². The van der Waals surface area contributed by atoms with Crippen molar-refractivity contribution >= 4 is 5.91 Å². The number of rotatable bonds is 5. The van der Waals surface area contributed by atoms with E-state index >= 15 is 0 Å². The molecule has 0 aliphatic heterocycles. The Kier molecular flexibility index (Phi) is 5.29.